The van der Waals surface area contributed by atoms with Crippen molar-refractivity contribution in [2.24, 2.45) is 0 Å². The molecule has 0 spiro atoms. The molecule has 0 bridgehead atoms. The molecular weight excluding hydrogens is 251 g/mol. The minimum absolute atomic E-state index is 0.232. The Morgan fingerprint density at radius 3 is 2.50 bits per heavy atom. The van der Waals surface area contributed by atoms with Crippen LogP contribution in [-0.4, -0.2) is 5.78 Å². The number of carbonyl (C=O) groups excluding carboxylic acids is 1. The second kappa shape index (κ2) is 5.61. The van der Waals surface area contributed by atoms with E-state index in [1.807, 2.05) is 0 Å². The summed E-state index contributed by atoms with van der Waals surface area (Å²) < 4.78 is 12.9. The highest BCUT2D eigenvalue weighted by molar-refractivity contribution is 6.30. The van der Waals surface area contributed by atoms with Gasteiger partial charge in [-0.25, -0.2) is 4.39 Å². The quantitative estimate of drug-likeness (QED) is 0.591. The molecule has 2 aromatic rings. The fraction of sp³-hybridized carbons (Fsp3) is 0. The first-order chi connectivity index (χ1) is 8.65. The zero-order chi connectivity index (χ0) is 13.0. The monoisotopic (exact) mass is 260 g/mol. The molecule has 1 nitrogen and oxygen atoms in total. The maximum absolute atomic E-state index is 12.9. The van der Waals surface area contributed by atoms with Gasteiger partial charge in [-0.05, 0) is 35.9 Å². The summed E-state index contributed by atoms with van der Waals surface area (Å²) in [6, 6.07) is 12.7. The normalized spacial score (nSPS) is 10.8. The molecule has 0 amide bonds. The molecule has 0 radical (unpaired) electrons. The SMILES string of the molecule is O=C(/C=C/c1ccc(Cl)cc1)c1cccc(F)c1. The summed E-state index contributed by atoms with van der Waals surface area (Å²) >= 11 is 5.75. The van der Waals surface area contributed by atoms with Gasteiger partial charge in [0.1, 0.15) is 5.82 Å². The van der Waals surface area contributed by atoms with E-state index in [-0.39, 0.29) is 5.78 Å². The van der Waals surface area contributed by atoms with Gasteiger partial charge >= 0.3 is 0 Å². The molecule has 0 aliphatic carbocycles. The van der Waals surface area contributed by atoms with Crippen molar-refractivity contribution in [1.29, 1.82) is 0 Å². The van der Waals surface area contributed by atoms with E-state index in [4.69, 9.17) is 11.6 Å². The van der Waals surface area contributed by atoms with Crippen LogP contribution >= 0.6 is 11.6 Å². The molecule has 0 fully saturated rings. The van der Waals surface area contributed by atoms with Crippen molar-refractivity contribution in [3.63, 3.8) is 0 Å². The topological polar surface area (TPSA) is 17.1 Å². The molecule has 0 atom stereocenters. The van der Waals surface area contributed by atoms with Gasteiger partial charge in [-0.1, -0.05) is 41.9 Å². The summed E-state index contributed by atoms with van der Waals surface area (Å²) in [5.74, 6) is -0.648. The van der Waals surface area contributed by atoms with E-state index in [0.717, 1.165) is 5.56 Å². The average Bonchev–Trinajstić information content (AvgIpc) is 2.38. The Hall–Kier alpha value is -1.93. The fourth-order valence-electron chi connectivity index (χ4n) is 1.48. The van der Waals surface area contributed by atoms with Gasteiger partial charge in [-0.3, -0.25) is 4.79 Å². The molecule has 0 aromatic heterocycles. The first-order valence-corrected chi connectivity index (χ1v) is 5.76. The number of rotatable bonds is 3. The van der Waals surface area contributed by atoms with E-state index >= 15 is 0 Å². The summed E-state index contributed by atoms with van der Waals surface area (Å²) in [5, 5.41) is 0.642. The Kier molecular flexibility index (Phi) is 3.90. The zero-order valence-electron chi connectivity index (χ0n) is 9.44. The number of halogens is 2. The lowest BCUT2D eigenvalue weighted by Gasteiger charge is -1.96. The number of ketones is 1. The van der Waals surface area contributed by atoms with Crippen molar-refractivity contribution in [2.75, 3.05) is 0 Å². The Balaban J connectivity index is 2.14. The van der Waals surface area contributed by atoms with Gasteiger partial charge < -0.3 is 0 Å². The number of hydrogen-bond donors (Lipinski definition) is 0. The van der Waals surface area contributed by atoms with Crippen LogP contribution in [0.25, 0.3) is 6.08 Å². The third-order valence-electron chi connectivity index (χ3n) is 2.41. The molecule has 0 aliphatic heterocycles. The second-order valence-electron chi connectivity index (χ2n) is 3.76. The molecule has 2 rings (SSSR count). The zero-order valence-corrected chi connectivity index (χ0v) is 10.2. The van der Waals surface area contributed by atoms with Crippen LogP contribution in [0.5, 0.6) is 0 Å². The van der Waals surface area contributed by atoms with Gasteiger partial charge in [0.05, 0.1) is 0 Å². The molecule has 2 aromatic carbocycles. The lowest BCUT2D eigenvalue weighted by Crippen LogP contribution is -1.94. The van der Waals surface area contributed by atoms with Gasteiger partial charge in [0.15, 0.2) is 5.78 Å². The van der Waals surface area contributed by atoms with Crippen molar-refractivity contribution in [3.05, 3.63) is 76.6 Å². The highest BCUT2D eigenvalue weighted by Crippen LogP contribution is 2.11. The van der Waals surface area contributed by atoms with Gasteiger partial charge in [0.25, 0.3) is 0 Å². The van der Waals surface area contributed by atoms with E-state index in [1.165, 1.54) is 24.3 Å². The van der Waals surface area contributed by atoms with Crippen LogP contribution in [0.2, 0.25) is 5.02 Å². The summed E-state index contributed by atoms with van der Waals surface area (Å²) in [4.78, 5) is 11.8. The predicted molar refractivity (Wildman–Crippen MR) is 71.2 cm³/mol. The van der Waals surface area contributed by atoms with Crippen molar-refractivity contribution >= 4 is 23.5 Å². The van der Waals surface area contributed by atoms with Gasteiger partial charge in [-0.15, -0.1) is 0 Å². The Morgan fingerprint density at radius 2 is 1.83 bits per heavy atom. The smallest absolute Gasteiger partial charge is 0.185 e. The van der Waals surface area contributed by atoms with E-state index < -0.39 is 5.82 Å². The molecule has 0 saturated heterocycles. The van der Waals surface area contributed by atoms with Crippen LogP contribution in [0.1, 0.15) is 15.9 Å². The number of benzene rings is 2. The molecular formula is C15H10ClFO. The standard InChI is InChI=1S/C15H10ClFO/c16-13-7-4-11(5-8-13)6-9-15(18)12-2-1-3-14(17)10-12/h1-10H/b9-6+. The van der Waals surface area contributed by atoms with Crippen LogP contribution in [0.3, 0.4) is 0 Å². The average molecular weight is 261 g/mol. The van der Waals surface area contributed by atoms with Crippen LogP contribution in [-0.2, 0) is 0 Å². The minimum Gasteiger partial charge on any atom is -0.289 e. The largest absolute Gasteiger partial charge is 0.289 e. The van der Waals surface area contributed by atoms with Crippen molar-refractivity contribution < 1.29 is 9.18 Å². The Bertz CT molecular complexity index is 588. The summed E-state index contributed by atoms with van der Waals surface area (Å²) in [6.07, 6.45) is 3.08. The summed E-state index contributed by atoms with van der Waals surface area (Å²) in [7, 11) is 0. The fourth-order valence-corrected chi connectivity index (χ4v) is 1.61. The lowest BCUT2D eigenvalue weighted by atomic mass is 10.1. The van der Waals surface area contributed by atoms with Crippen LogP contribution in [0.15, 0.2) is 54.6 Å². The maximum Gasteiger partial charge on any atom is 0.185 e. The van der Waals surface area contributed by atoms with Crippen molar-refractivity contribution in [3.8, 4) is 0 Å². The van der Waals surface area contributed by atoms with Gasteiger partial charge in [-0.2, -0.15) is 0 Å². The molecule has 0 aliphatic rings. The van der Waals surface area contributed by atoms with E-state index in [2.05, 4.69) is 0 Å². The second-order valence-corrected chi connectivity index (χ2v) is 4.20. The van der Waals surface area contributed by atoms with Crippen molar-refractivity contribution in [1.82, 2.24) is 0 Å². The highest BCUT2D eigenvalue weighted by atomic mass is 35.5. The van der Waals surface area contributed by atoms with E-state index in [9.17, 15) is 9.18 Å². The van der Waals surface area contributed by atoms with Crippen LogP contribution in [0, 0.1) is 5.82 Å². The lowest BCUT2D eigenvalue weighted by molar-refractivity contribution is 0.104. The molecule has 0 heterocycles. The molecule has 18 heavy (non-hydrogen) atoms. The first-order valence-electron chi connectivity index (χ1n) is 5.39. The van der Waals surface area contributed by atoms with E-state index in [0.29, 0.717) is 10.6 Å². The Labute approximate surface area is 110 Å². The molecule has 0 unspecified atom stereocenters. The first kappa shape index (κ1) is 12.5. The maximum atomic E-state index is 12.9. The third kappa shape index (κ3) is 3.28. The Morgan fingerprint density at radius 1 is 1.11 bits per heavy atom. The van der Waals surface area contributed by atoms with Gasteiger partial charge in [0, 0.05) is 10.6 Å². The van der Waals surface area contributed by atoms with Gasteiger partial charge in [0.2, 0.25) is 0 Å². The number of carbonyl (C=O) groups is 1. The number of allylic oxidation sites excluding steroid dienone is 1. The summed E-state index contributed by atoms with van der Waals surface area (Å²) in [5.41, 5.74) is 1.20. The van der Waals surface area contributed by atoms with Crippen molar-refractivity contribution in [2.45, 2.75) is 0 Å². The minimum atomic E-state index is -0.416. The third-order valence-corrected chi connectivity index (χ3v) is 2.66. The van der Waals surface area contributed by atoms with Crippen LogP contribution < -0.4 is 0 Å². The number of hydrogen-bond acceptors (Lipinski definition) is 1. The predicted octanol–water partition coefficient (Wildman–Crippen LogP) is 4.38. The van der Waals surface area contributed by atoms with Crippen LogP contribution in [0.4, 0.5) is 4.39 Å². The molecule has 90 valence electrons. The molecule has 0 saturated carbocycles. The molecule has 3 heteroatoms. The van der Waals surface area contributed by atoms with E-state index in [1.54, 1.807) is 36.4 Å². The highest BCUT2D eigenvalue weighted by Gasteiger charge is 2.02. The summed E-state index contributed by atoms with van der Waals surface area (Å²) in [6.45, 7) is 0. The molecule has 0 N–H and O–H groups in total.